The summed E-state index contributed by atoms with van der Waals surface area (Å²) in [4.78, 5) is 11.8. The summed E-state index contributed by atoms with van der Waals surface area (Å²) in [6.07, 6.45) is 1.97. The predicted molar refractivity (Wildman–Crippen MR) is 79.7 cm³/mol. The third kappa shape index (κ3) is 2.58. The number of amides is 1. The molecule has 1 fully saturated rings. The molecule has 0 radical (unpaired) electrons. The molecule has 0 bridgehead atoms. The van der Waals surface area contributed by atoms with E-state index in [0.717, 1.165) is 24.2 Å². The molecule has 2 N–H and O–H groups in total. The highest BCUT2D eigenvalue weighted by Crippen LogP contribution is 2.30. The fourth-order valence-electron chi connectivity index (χ4n) is 2.13. The van der Waals surface area contributed by atoms with Crippen LogP contribution in [0.4, 0.5) is 17.2 Å². The number of carbonyl (C=O) groups excluding carboxylic acids is 1. The number of tetrazole rings is 1. The molecule has 8 heteroatoms. The Morgan fingerprint density at radius 1 is 1.18 bits per heavy atom. The van der Waals surface area contributed by atoms with Crippen molar-refractivity contribution in [2.75, 3.05) is 10.6 Å². The zero-order valence-corrected chi connectivity index (χ0v) is 11.6. The van der Waals surface area contributed by atoms with Crippen molar-refractivity contribution in [3.63, 3.8) is 0 Å². The van der Waals surface area contributed by atoms with Crippen LogP contribution in [0.5, 0.6) is 0 Å². The second kappa shape index (κ2) is 5.06. The van der Waals surface area contributed by atoms with E-state index in [4.69, 9.17) is 0 Å². The van der Waals surface area contributed by atoms with E-state index in [9.17, 15) is 4.79 Å². The summed E-state index contributed by atoms with van der Waals surface area (Å²) in [7, 11) is 0. The summed E-state index contributed by atoms with van der Waals surface area (Å²) in [5.41, 5.74) is 2.18. The van der Waals surface area contributed by atoms with Gasteiger partial charge in [0, 0.05) is 17.3 Å². The molecule has 1 amide bonds. The average Bonchev–Trinajstić information content (AvgIpc) is 3.26. The van der Waals surface area contributed by atoms with Crippen LogP contribution < -0.4 is 10.6 Å². The highest BCUT2D eigenvalue weighted by atomic mass is 16.2. The SMILES string of the molecule is O=C(Nc1cccc(Nc2ccc3nnnn3n2)c1)C1CC1. The van der Waals surface area contributed by atoms with Crippen LogP contribution in [0.25, 0.3) is 5.65 Å². The number of rotatable bonds is 4. The lowest BCUT2D eigenvalue weighted by molar-refractivity contribution is -0.117. The lowest BCUT2D eigenvalue weighted by atomic mass is 10.2. The van der Waals surface area contributed by atoms with E-state index in [-0.39, 0.29) is 11.8 Å². The first-order valence-corrected chi connectivity index (χ1v) is 7.01. The van der Waals surface area contributed by atoms with Gasteiger partial charge in [-0.05, 0) is 53.6 Å². The van der Waals surface area contributed by atoms with Crippen molar-refractivity contribution in [2.24, 2.45) is 5.92 Å². The van der Waals surface area contributed by atoms with E-state index in [1.165, 1.54) is 4.63 Å². The maximum atomic E-state index is 11.8. The van der Waals surface area contributed by atoms with Crippen LogP contribution in [-0.2, 0) is 4.79 Å². The number of fused-ring (bicyclic) bond motifs is 1. The molecule has 0 saturated heterocycles. The number of hydrogen-bond acceptors (Lipinski definition) is 6. The third-order valence-corrected chi connectivity index (χ3v) is 3.42. The number of nitrogens with zero attached hydrogens (tertiary/aromatic N) is 5. The first-order chi connectivity index (χ1) is 10.8. The highest BCUT2D eigenvalue weighted by molar-refractivity contribution is 5.94. The largest absolute Gasteiger partial charge is 0.339 e. The molecule has 0 unspecified atom stereocenters. The number of carbonyl (C=O) groups is 1. The van der Waals surface area contributed by atoms with Gasteiger partial charge in [0.05, 0.1) is 0 Å². The Hall–Kier alpha value is -3.03. The van der Waals surface area contributed by atoms with Gasteiger partial charge in [-0.1, -0.05) is 6.07 Å². The number of nitrogens with one attached hydrogen (secondary N) is 2. The Kier molecular flexibility index (Phi) is 2.92. The van der Waals surface area contributed by atoms with Gasteiger partial charge in [-0.25, -0.2) is 0 Å². The van der Waals surface area contributed by atoms with Crippen LogP contribution in [0.1, 0.15) is 12.8 Å². The van der Waals surface area contributed by atoms with E-state index in [0.29, 0.717) is 11.5 Å². The molecular weight excluding hydrogens is 282 g/mol. The van der Waals surface area contributed by atoms with E-state index in [1.807, 2.05) is 24.3 Å². The van der Waals surface area contributed by atoms with Crippen molar-refractivity contribution in [3.8, 4) is 0 Å². The third-order valence-electron chi connectivity index (χ3n) is 3.42. The van der Waals surface area contributed by atoms with Gasteiger partial charge in [-0.3, -0.25) is 4.79 Å². The maximum Gasteiger partial charge on any atom is 0.227 e. The Balaban J connectivity index is 1.52. The number of aromatic nitrogens is 5. The Bertz CT molecular complexity index is 840. The van der Waals surface area contributed by atoms with Gasteiger partial charge in [0.1, 0.15) is 0 Å². The molecule has 0 spiro atoms. The van der Waals surface area contributed by atoms with Crippen LogP contribution in [0.2, 0.25) is 0 Å². The van der Waals surface area contributed by atoms with Gasteiger partial charge in [0.25, 0.3) is 0 Å². The fraction of sp³-hybridized carbons (Fsp3) is 0.214. The molecule has 1 aliphatic rings. The van der Waals surface area contributed by atoms with E-state index in [1.54, 1.807) is 12.1 Å². The zero-order chi connectivity index (χ0) is 14.9. The normalized spacial score (nSPS) is 14.0. The molecule has 2 aromatic heterocycles. The molecule has 0 atom stereocenters. The molecule has 3 aromatic rings. The van der Waals surface area contributed by atoms with Crippen molar-refractivity contribution >= 4 is 28.7 Å². The quantitative estimate of drug-likeness (QED) is 0.759. The van der Waals surface area contributed by atoms with Gasteiger partial charge >= 0.3 is 0 Å². The van der Waals surface area contributed by atoms with Crippen molar-refractivity contribution in [1.29, 1.82) is 0 Å². The highest BCUT2D eigenvalue weighted by Gasteiger charge is 2.29. The molecule has 8 nitrogen and oxygen atoms in total. The molecule has 1 aromatic carbocycles. The number of hydrogen-bond donors (Lipinski definition) is 2. The van der Waals surface area contributed by atoms with Crippen molar-refractivity contribution in [1.82, 2.24) is 25.3 Å². The van der Waals surface area contributed by atoms with E-state index >= 15 is 0 Å². The van der Waals surface area contributed by atoms with E-state index in [2.05, 4.69) is 31.3 Å². The summed E-state index contributed by atoms with van der Waals surface area (Å²) in [6, 6.07) is 11.1. The summed E-state index contributed by atoms with van der Waals surface area (Å²) in [5, 5.41) is 21.4. The summed E-state index contributed by atoms with van der Waals surface area (Å²) in [6.45, 7) is 0. The second-order valence-electron chi connectivity index (χ2n) is 5.21. The lowest BCUT2D eigenvalue weighted by Crippen LogP contribution is -2.13. The Labute approximate surface area is 125 Å². The monoisotopic (exact) mass is 295 g/mol. The topological polar surface area (TPSA) is 97.1 Å². The zero-order valence-electron chi connectivity index (χ0n) is 11.6. The second-order valence-corrected chi connectivity index (χ2v) is 5.21. The standard InChI is InChI=1S/C14H13N7O/c22-14(9-4-5-9)16-11-3-1-2-10(8-11)15-12-6-7-13-17-19-20-21(13)18-12/h1-3,6-9H,4-5H2,(H,15,18)(H,16,22). The van der Waals surface area contributed by atoms with Gasteiger partial charge < -0.3 is 10.6 Å². The molecule has 0 aliphatic heterocycles. The van der Waals surface area contributed by atoms with Crippen molar-refractivity contribution < 1.29 is 4.79 Å². The fourth-order valence-corrected chi connectivity index (χ4v) is 2.13. The van der Waals surface area contributed by atoms with E-state index < -0.39 is 0 Å². The van der Waals surface area contributed by atoms with Crippen molar-refractivity contribution in [3.05, 3.63) is 36.4 Å². The van der Waals surface area contributed by atoms with Crippen LogP contribution >= 0.6 is 0 Å². The summed E-state index contributed by atoms with van der Waals surface area (Å²) < 4.78 is 1.35. The van der Waals surface area contributed by atoms with Gasteiger partial charge in [-0.2, -0.15) is 0 Å². The lowest BCUT2D eigenvalue weighted by Gasteiger charge is -2.08. The average molecular weight is 295 g/mol. The van der Waals surface area contributed by atoms with Crippen LogP contribution in [-0.4, -0.2) is 31.2 Å². The molecule has 4 rings (SSSR count). The van der Waals surface area contributed by atoms with Gasteiger partial charge in [0.15, 0.2) is 11.5 Å². The first kappa shape index (κ1) is 12.7. The van der Waals surface area contributed by atoms with Crippen LogP contribution in [0, 0.1) is 5.92 Å². The van der Waals surface area contributed by atoms with Crippen LogP contribution in [0.3, 0.4) is 0 Å². The predicted octanol–water partition coefficient (Wildman–Crippen LogP) is 1.61. The molecule has 1 saturated carbocycles. The Morgan fingerprint density at radius 3 is 2.91 bits per heavy atom. The maximum absolute atomic E-state index is 11.8. The molecule has 2 heterocycles. The molecule has 22 heavy (non-hydrogen) atoms. The van der Waals surface area contributed by atoms with Crippen molar-refractivity contribution in [2.45, 2.75) is 12.8 Å². The smallest absolute Gasteiger partial charge is 0.227 e. The number of benzene rings is 1. The molecular formula is C14H13N7O. The minimum atomic E-state index is 0.0883. The van der Waals surface area contributed by atoms with Crippen LogP contribution in [0.15, 0.2) is 36.4 Å². The minimum Gasteiger partial charge on any atom is -0.339 e. The molecule has 110 valence electrons. The van der Waals surface area contributed by atoms with Gasteiger partial charge in [-0.15, -0.1) is 14.8 Å². The number of anilines is 3. The minimum absolute atomic E-state index is 0.0883. The van der Waals surface area contributed by atoms with Gasteiger partial charge in [0.2, 0.25) is 5.91 Å². The summed E-state index contributed by atoms with van der Waals surface area (Å²) in [5.74, 6) is 0.886. The summed E-state index contributed by atoms with van der Waals surface area (Å²) >= 11 is 0. The molecule has 1 aliphatic carbocycles. The first-order valence-electron chi connectivity index (χ1n) is 7.01. The Morgan fingerprint density at radius 2 is 2.05 bits per heavy atom.